The van der Waals surface area contributed by atoms with Gasteiger partial charge in [-0.1, -0.05) is 133 Å². The van der Waals surface area contributed by atoms with Gasteiger partial charge in [0.05, 0.1) is 12.2 Å². The highest BCUT2D eigenvalue weighted by molar-refractivity contribution is 7.96. The third kappa shape index (κ3) is 11.9. The largest absolute Gasteiger partial charge is 0.307 e. The smallest absolute Gasteiger partial charge is 0.0547 e. The third-order valence-electron chi connectivity index (χ3n) is 5.89. The van der Waals surface area contributed by atoms with Gasteiger partial charge < -0.3 is 5.43 Å². The highest BCUT2D eigenvalue weighted by Gasteiger charge is 2.14. The van der Waals surface area contributed by atoms with E-state index in [9.17, 15) is 0 Å². The normalized spacial score (nSPS) is 14.0. The predicted molar refractivity (Wildman–Crippen MR) is 131 cm³/mol. The lowest BCUT2D eigenvalue weighted by Gasteiger charge is -2.29. The molecule has 2 rings (SSSR count). The minimum absolute atomic E-state index is 0.965. The Morgan fingerprint density at radius 2 is 1.24 bits per heavy atom. The van der Waals surface area contributed by atoms with Crippen molar-refractivity contribution in [2.75, 3.05) is 11.2 Å². The molecule has 1 heterocycles. The molecular formula is C25H45N3S. The van der Waals surface area contributed by atoms with Crippen LogP contribution in [0.5, 0.6) is 0 Å². The number of hydrogen-bond acceptors (Lipinski definition) is 4. The maximum atomic E-state index is 3.28. The van der Waals surface area contributed by atoms with Gasteiger partial charge in [0.25, 0.3) is 0 Å². The molecular weight excluding hydrogens is 374 g/mol. The average molecular weight is 420 g/mol. The molecule has 0 saturated heterocycles. The lowest BCUT2D eigenvalue weighted by atomic mass is 10.0. The predicted octanol–water partition coefficient (Wildman–Crippen LogP) is 8.24. The second-order valence-corrected chi connectivity index (χ2v) is 9.67. The van der Waals surface area contributed by atoms with Gasteiger partial charge in [0.2, 0.25) is 0 Å². The van der Waals surface area contributed by atoms with Gasteiger partial charge in [-0.2, -0.15) is 9.95 Å². The summed E-state index contributed by atoms with van der Waals surface area (Å²) in [5.74, 6) is 1.20. The Hall–Kier alpha value is -0.710. The first-order chi connectivity index (χ1) is 14.4. The number of nitrogens with zero attached hydrogens (tertiary/aromatic N) is 1. The van der Waals surface area contributed by atoms with Crippen molar-refractivity contribution in [2.45, 2.75) is 116 Å². The van der Waals surface area contributed by atoms with Crippen LogP contribution < -0.4 is 11.0 Å². The zero-order valence-corrected chi connectivity index (χ0v) is 19.7. The lowest BCUT2D eigenvalue weighted by molar-refractivity contribution is 0.363. The number of hydrogen-bond donors (Lipinski definition) is 2. The van der Waals surface area contributed by atoms with Crippen LogP contribution in [0.1, 0.15) is 115 Å². The summed E-state index contributed by atoms with van der Waals surface area (Å²) >= 11 is 1.91. The summed E-state index contributed by atoms with van der Waals surface area (Å²) in [4.78, 5) is 0. The fourth-order valence-corrected chi connectivity index (χ4v) is 4.89. The molecule has 0 unspecified atom stereocenters. The number of benzene rings is 1. The molecule has 0 spiro atoms. The van der Waals surface area contributed by atoms with E-state index in [1.165, 1.54) is 120 Å². The highest BCUT2D eigenvalue weighted by atomic mass is 32.2. The van der Waals surface area contributed by atoms with Crippen molar-refractivity contribution in [2.24, 2.45) is 0 Å². The van der Waals surface area contributed by atoms with E-state index < -0.39 is 0 Å². The van der Waals surface area contributed by atoms with Crippen LogP contribution >= 0.6 is 11.9 Å². The molecule has 0 atom stereocenters. The topological polar surface area (TPSA) is 27.3 Å². The van der Waals surface area contributed by atoms with Gasteiger partial charge in [-0.25, -0.2) is 0 Å². The Kier molecular flexibility index (Phi) is 14.4. The van der Waals surface area contributed by atoms with Crippen LogP contribution in [0.4, 0.5) is 5.69 Å². The standard InChI is InChI=1S/C25H45N3S/c1-2-3-4-5-6-7-8-9-10-11-12-13-14-15-16-19-22-29-28-23-24-20-17-18-21-25(24)26-27-28/h17-18,20-21,26-27H,2-16,19,22-23H2,1H3. The number of rotatable bonds is 18. The van der Waals surface area contributed by atoms with E-state index in [-0.39, 0.29) is 0 Å². The Morgan fingerprint density at radius 3 is 1.83 bits per heavy atom. The minimum atomic E-state index is 0.965. The Morgan fingerprint density at radius 1 is 0.724 bits per heavy atom. The van der Waals surface area contributed by atoms with Crippen molar-refractivity contribution in [1.82, 2.24) is 9.95 Å². The number of hydrazine groups is 2. The van der Waals surface area contributed by atoms with Crippen molar-refractivity contribution < 1.29 is 0 Å². The van der Waals surface area contributed by atoms with Crippen molar-refractivity contribution >= 4 is 17.6 Å². The molecule has 0 aliphatic carbocycles. The summed E-state index contributed by atoms with van der Waals surface area (Å²) in [7, 11) is 0. The molecule has 1 aliphatic heterocycles. The van der Waals surface area contributed by atoms with Gasteiger partial charge in [-0.05, 0) is 18.1 Å². The molecule has 166 valence electrons. The van der Waals surface area contributed by atoms with Crippen LogP contribution in [0, 0.1) is 0 Å². The second-order valence-electron chi connectivity index (χ2n) is 8.57. The average Bonchev–Trinajstić information content (AvgIpc) is 2.76. The van der Waals surface area contributed by atoms with E-state index in [2.05, 4.69) is 46.6 Å². The molecule has 3 nitrogen and oxygen atoms in total. The van der Waals surface area contributed by atoms with Crippen LogP contribution in [-0.2, 0) is 6.54 Å². The van der Waals surface area contributed by atoms with Gasteiger partial charge in [0, 0.05) is 5.75 Å². The highest BCUT2D eigenvalue weighted by Crippen LogP contribution is 2.24. The first-order valence-corrected chi connectivity index (χ1v) is 13.3. The van der Waals surface area contributed by atoms with E-state index in [0.717, 1.165) is 6.54 Å². The van der Waals surface area contributed by atoms with Crippen LogP contribution in [-0.4, -0.2) is 10.2 Å². The van der Waals surface area contributed by atoms with Gasteiger partial charge >= 0.3 is 0 Å². The molecule has 0 radical (unpaired) electrons. The zero-order chi connectivity index (χ0) is 20.4. The minimum Gasteiger partial charge on any atom is -0.307 e. The summed E-state index contributed by atoms with van der Waals surface area (Å²) in [6, 6.07) is 8.52. The molecule has 1 aromatic carbocycles. The van der Waals surface area contributed by atoms with Gasteiger partial charge in [0.1, 0.15) is 0 Å². The van der Waals surface area contributed by atoms with Crippen LogP contribution in [0.25, 0.3) is 0 Å². The third-order valence-corrected chi connectivity index (χ3v) is 6.89. The van der Waals surface area contributed by atoms with E-state index in [1.807, 2.05) is 11.9 Å². The summed E-state index contributed by atoms with van der Waals surface area (Å²) in [6.07, 6.45) is 22.9. The molecule has 2 N–H and O–H groups in total. The molecule has 1 aliphatic rings. The van der Waals surface area contributed by atoms with Crippen LogP contribution in [0.15, 0.2) is 24.3 Å². The fourth-order valence-electron chi connectivity index (χ4n) is 4.00. The molecule has 0 amide bonds. The van der Waals surface area contributed by atoms with Crippen molar-refractivity contribution in [3.63, 3.8) is 0 Å². The molecule has 29 heavy (non-hydrogen) atoms. The number of para-hydroxylation sites is 1. The SMILES string of the molecule is CCCCCCCCCCCCCCCCCCSN1Cc2ccccc2NN1. The Labute approximate surface area is 184 Å². The number of nitrogens with one attached hydrogen (secondary N) is 2. The fraction of sp³-hybridized carbons (Fsp3) is 0.760. The molecule has 0 fully saturated rings. The summed E-state index contributed by atoms with van der Waals surface area (Å²) < 4.78 is 2.22. The first kappa shape index (κ1) is 24.6. The molecule has 0 aromatic heterocycles. The van der Waals surface area contributed by atoms with Gasteiger partial charge in [-0.15, -0.1) is 0 Å². The van der Waals surface area contributed by atoms with E-state index in [1.54, 1.807) is 0 Å². The summed E-state index contributed by atoms with van der Waals surface area (Å²) in [6.45, 7) is 3.26. The summed E-state index contributed by atoms with van der Waals surface area (Å²) in [5.41, 5.74) is 9.12. The quantitative estimate of drug-likeness (QED) is 0.185. The van der Waals surface area contributed by atoms with Crippen LogP contribution in [0.2, 0.25) is 0 Å². The molecule has 0 bridgehead atoms. The Bertz CT molecular complexity index is 509. The maximum Gasteiger partial charge on any atom is 0.0547 e. The maximum absolute atomic E-state index is 3.28. The number of anilines is 1. The van der Waals surface area contributed by atoms with Gasteiger partial charge in [-0.3, -0.25) is 0 Å². The monoisotopic (exact) mass is 419 g/mol. The van der Waals surface area contributed by atoms with E-state index in [4.69, 9.17) is 0 Å². The lowest BCUT2D eigenvalue weighted by Crippen LogP contribution is -2.40. The van der Waals surface area contributed by atoms with E-state index >= 15 is 0 Å². The first-order valence-electron chi connectivity index (χ1n) is 12.4. The molecule has 1 aromatic rings. The molecule has 0 saturated carbocycles. The second kappa shape index (κ2) is 17.0. The summed E-state index contributed by atoms with van der Waals surface area (Å²) in [5, 5.41) is 0. The Balaban J connectivity index is 1.28. The number of fused-ring (bicyclic) bond motifs is 1. The van der Waals surface area contributed by atoms with Crippen molar-refractivity contribution in [3.05, 3.63) is 29.8 Å². The number of unbranched alkanes of at least 4 members (excludes halogenated alkanes) is 15. The van der Waals surface area contributed by atoms with Gasteiger partial charge in [0.15, 0.2) is 0 Å². The van der Waals surface area contributed by atoms with Crippen molar-refractivity contribution in [3.8, 4) is 0 Å². The van der Waals surface area contributed by atoms with Crippen LogP contribution in [0.3, 0.4) is 0 Å². The van der Waals surface area contributed by atoms with E-state index in [0.29, 0.717) is 0 Å². The zero-order valence-electron chi connectivity index (χ0n) is 18.9. The van der Waals surface area contributed by atoms with Crippen molar-refractivity contribution in [1.29, 1.82) is 0 Å². The molecule has 4 heteroatoms.